The fourth-order valence-electron chi connectivity index (χ4n) is 5.49. The van der Waals surface area contributed by atoms with Crippen LogP contribution in [-0.4, -0.2) is 53.5 Å². The number of nitrogens with zero attached hydrogens (tertiary/aromatic N) is 8. The highest BCUT2D eigenvalue weighted by Crippen LogP contribution is 2.42. The molecule has 3 aromatic rings. The fraction of sp³-hybridized carbons (Fsp3) is 0.591. The molecular formula is C22H28N8O. The Morgan fingerprint density at radius 2 is 1.87 bits per heavy atom. The number of ether oxygens (including phenoxy) is 1. The summed E-state index contributed by atoms with van der Waals surface area (Å²) in [4.78, 5) is 17.1. The third kappa shape index (κ3) is 3.05. The van der Waals surface area contributed by atoms with Gasteiger partial charge in [0.2, 0.25) is 5.95 Å². The van der Waals surface area contributed by atoms with E-state index in [2.05, 4.69) is 36.1 Å². The van der Waals surface area contributed by atoms with Gasteiger partial charge in [0.25, 0.3) is 0 Å². The first-order valence-corrected chi connectivity index (χ1v) is 11.5. The van der Waals surface area contributed by atoms with Crippen molar-refractivity contribution in [3.8, 4) is 11.6 Å². The SMILES string of the molecule is CCC1c2nncn2-c2cnc(-n3ccnc3C3CCOCC3)nc2N1C1CCCC1. The van der Waals surface area contributed by atoms with Gasteiger partial charge in [0.1, 0.15) is 17.8 Å². The van der Waals surface area contributed by atoms with E-state index in [-0.39, 0.29) is 6.04 Å². The molecule has 0 spiro atoms. The average molecular weight is 421 g/mol. The second-order valence-electron chi connectivity index (χ2n) is 8.75. The highest BCUT2D eigenvalue weighted by Gasteiger charge is 2.38. The van der Waals surface area contributed by atoms with Crippen LogP contribution in [0, 0.1) is 0 Å². The smallest absolute Gasteiger partial charge is 0.237 e. The number of anilines is 1. The third-order valence-corrected chi connectivity index (χ3v) is 7.03. The summed E-state index contributed by atoms with van der Waals surface area (Å²) in [6.07, 6.45) is 15.4. The lowest BCUT2D eigenvalue weighted by Crippen LogP contribution is -2.42. The summed E-state index contributed by atoms with van der Waals surface area (Å²) in [5.74, 6) is 4.07. The monoisotopic (exact) mass is 420 g/mol. The minimum absolute atomic E-state index is 0.179. The molecule has 3 aliphatic rings. The van der Waals surface area contributed by atoms with Crippen LogP contribution in [-0.2, 0) is 4.74 Å². The summed E-state index contributed by atoms with van der Waals surface area (Å²) in [5, 5.41) is 8.68. The summed E-state index contributed by atoms with van der Waals surface area (Å²) in [6, 6.07) is 0.660. The van der Waals surface area contributed by atoms with Crippen molar-refractivity contribution in [1.29, 1.82) is 0 Å². The Morgan fingerprint density at radius 1 is 1.03 bits per heavy atom. The Kier molecular flexibility index (Phi) is 4.70. The molecule has 1 unspecified atom stereocenters. The van der Waals surface area contributed by atoms with Crippen LogP contribution in [0.4, 0.5) is 5.82 Å². The number of rotatable bonds is 4. The van der Waals surface area contributed by atoms with E-state index in [4.69, 9.17) is 14.7 Å². The predicted molar refractivity (Wildman–Crippen MR) is 115 cm³/mol. The van der Waals surface area contributed by atoms with Crippen LogP contribution in [0.5, 0.6) is 0 Å². The maximum atomic E-state index is 5.55. The number of imidazole rings is 1. The zero-order chi connectivity index (χ0) is 20.8. The van der Waals surface area contributed by atoms with Crippen LogP contribution in [0.1, 0.15) is 75.5 Å². The van der Waals surface area contributed by atoms with Crippen LogP contribution in [0.2, 0.25) is 0 Å². The van der Waals surface area contributed by atoms with Gasteiger partial charge in [-0.1, -0.05) is 19.8 Å². The first-order valence-electron chi connectivity index (χ1n) is 11.5. The molecule has 31 heavy (non-hydrogen) atoms. The van der Waals surface area contributed by atoms with Gasteiger partial charge in [-0.05, 0) is 32.1 Å². The van der Waals surface area contributed by atoms with Crippen LogP contribution in [0.3, 0.4) is 0 Å². The molecule has 1 aliphatic carbocycles. The third-order valence-electron chi connectivity index (χ3n) is 7.03. The highest BCUT2D eigenvalue weighted by atomic mass is 16.5. The lowest BCUT2D eigenvalue weighted by molar-refractivity contribution is 0.0832. The van der Waals surface area contributed by atoms with Gasteiger partial charge in [0.15, 0.2) is 11.6 Å². The molecule has 0 bridgehead atoms. The predicted octanol–water partition coefficient (Wildman–Crippen LogP) is 3.35. The highest BCUT2D eigenvalue weighted by molar-refractivity contribution is 5.62. The van der Waals surface area contributed by atoms with Crippen LogP contribution >= 0.6 is 0 Å². The van der Waals surface area contributed by atoms with Crippen molar-refractivity contribution in [2.45, 2.75) is 69.9 Å². The lowest BCUT2D eigenvalue weighted by atomic mass is 9.99. The zero-order valence-corrected chi connectivity index (χ0v) is 17.9. The fourth-order valence-corrected chi connectivity index (χ4v) is 5.49. The van der Waals surface area contributed by atoms with Gasteiger partial charge < -0.3 is 9.64 Å². The second kappa shape index (κ2) is 7.71. The first kappa shape index (κ1) is 18.9. The van der Waals surface area contributed by atoms with Gasteiger partial charge in [-0.15, -0.1) is 10.2 Å². The topological polar surface area (TPSA) is 86.8 Å². The van der Waals surface area contributed by atoms with Crippen molar-refractivity contribution in [2.24, 2.45) is 0 Å². The van der Waals surface area contributed by atoms with E-state index >= 15 is 0 Å². The molecule has 5 heterocycles. The Bertz CT molecular complexity index is 1060. The molecule has 0 radical (unpaired) electrons. The van der Waals surface area contributed by atoms with E-state index in [9.17, 15) is 0 Å². The molecule has 2 aliphatic heterocycles. The Morgan fingerprint density at radius 3 is 2.68 bits per heavy atom. The van der Waals surface area contributed by atoms with Gasteiger partial charge in [0.05, 0.1) is 12.2 Å². The maximum absolute atomic E-state index is 5.55. The molecule has 162 valence electrons. The number of fused-ring (bicyclic) bond motifs is 3. The van der Waals surface area contributed by atoms with Crippen molar-refractivity contribution in [3.63, 3.8) is 0 Å². The number of hydrogen-bond acceptors (Lipinski definition) is 7. The summed E-state index contributed by atoms with van der Waals surface area (Å²) < 4.78 is 9.67. The molecule has 1 saturated heterocycles. The van der Waals surface area contributed by atoms with E-state index in [1.54, 1.807) is 6.33 Å². The molecule has 9 heteroatoms. The van der Waals surface area contributed by atoms with Crippen molar-refractivity contribution in [1.82, 2.24) is 34.3 Å². The van der Waals surface area contributed by atoms with E-state index in [1.807, 2.05) is 18.6 Å². The molecule has 0 amide bonds. The van der Waals surface area contributed by atoms with Gasteiger partial charge in [-0.3, -0.25) is 9.13 Å². The minimum Gasteiger partial charge on any atom is -0.381 e. The van der Waals surface area contributed by atoms with Gasteiger partial charge >= 0.3 is 0 Å². The average Bonchev–Trinajstić information content (AvgIpc) is 3.59. The maximum Gasteiger partial charge on any atom is 0.237 e. The molecule has 0 aromatic carbocycles. The van der Waals surface area contributed by atoms with Crippen LogP contribution in [0.25, 0.3) is 11.6 Å². The molecule has 0 N–H and O–H groups in total. The molecule has 9 nitrogen and oxygen atoms in total. The normalized spacial score (nSPS) is 22.0. The van der Waals surface area contributed by atoms with E-state index in [1.165, 1.54) is 25.7 Å². The number of aromatic nitrogens is 7. The van der Waals surface area contributed by atoms with Crippen LogP contribution in [0.15, 0.2) is 24.9 Å². The van der Waals surface area contributed by atoms with Gasteiger partial charge in [-0.25, -0.2) is 9.97 Å². The zero-order valence-electron chi connectivity index (χ0n) is 17.9. The van der Waals surface area contributed by atoms with Gasteiger partial charge in [0, 0.05) is 37.6 Å². The lowest BCUT2D eigenvalue weighted by Gasteiger charge is -2.40. The summed E-state index contributed by atoms with van der Waals surface area (Å²) in [7, 11) is 0. The minimum atomic E-state index is 0.179. The first-order chi connectivity index (χ1) is 15.3. The molecular weight excluding hydrogens is 392 g/mol. The quantitative estimate of drug-likeness (QED) is 0.640. The molecule has 1 saturated carbocycles. The van der Waals surface area contributed by atoms with E-state index < -0.39 is 0 Å². The Labute approximate surface area is 181 Å². The van der Waals surface area contributed by atoms with Crippen LogP contribution < -0.4 is 4.90 Å². The standard InChI is InChI=1S/C22H28N8O/c1-2-17-21-27-25-14-29(21)18-13-24-22(26-20(18)30(17)16-5-3-4-6-16)28-10-9-23-19(28)15-7-11-31-12-8-15/h9-10,13-17H,2-8,11-12H2,1H3. The summed E-state index contributed by atoms with van der Waals surface area (Å²) in [5.41, 5.74) is 0.966. The van der Waals surface area contributed by atoms with Crippen molar-refractivity contribution >= 4 is 5.82 Å². The summed E-state index contributed by atoms with van der Waals surface area (Å²) >= 11 is 0. The molecule has 1 atom stereocenters. The second-order valence-corrected chi connectivity index (χ2v) is 8.75. The van der Waals surface area contributed by atoms with Crippen molar-refractivity contribution in [3.05, 3.63) is 36.6 Å². The largest absolute Gasteiger partial charge is 0.381 e. The Balaban J connectivity index is 1.46. The van der Waals surface area contributed by atoms with Gasteiger partial charge in [-0.2, -0.15) is 4.98 Å². The van der Waals surface area contributed by atoms with E-state index in [0.717, 1.165) is 55.6 Å². The summed E-state index contributed by atoms with van der Waals surface area (Å²) in [6.45, 7) is 3.79. The van der Waals surface area contributed by atoms with Crippen molar-refractivity contribution < 1.29 is 4.74 Å². The molecule has 2 fully saturated rings. The number of hydrogen-bond donors (Lipinski definition) is 0. The molecule has 6 rings (SSSR count). The Hall–Kier alpha value is -2.81. The van der Waals surface area contributed by atoms with E-state index in [0.29, 0.717) is 17.9 Å². The van der Waals surface area contributed by atoms with Crippen molar-refractivity contribution in [2.75, 3.05) is 18.1 Å². The molecule has 3 aromatic heterocycles.